The number of ether oxygens (including phenoxy) is 1. The molecule has 94 valence electrons. The Balaban J connectivity index is 1.75. The van der Waals surface area contributed by atoms with Gasteiger partial charge in [0.2, 0.25) is 0 Å². The molecule has 0 amide bonds. The van der Waals surface area contributed by atoms with Gasteiger partial charge in [-0.15, -0.1) is 0 Å². The van der Waals surface area contributed by atoms with Crippen LogP contribution in [0.1, 0.15) is 5.56 Å². The molecule has 0 radical (unpaired) electrons. The van der Waals surface area contributed by atoms with E-state index in [1.165, 1.54) is 0 Å². The molecule has 2 rings (SSSR count). The summed E-state index contributed by atoms with van der Waals surface area (Å²) in [7, 11) is 0. The second-order valence-corrected chi connectivity index (χ2v) is 4.34. The van der Waals surface area contributed by atoms with Crippen molar-refractivity contribution in [3.05, 3.63) is 29.6 Å². The second kappa shape index (κ2) is 5.98. The molecule has 0 saturated carbocycles. The maximum Gasteiger partial charge on any atom is 0.128 e. The number of aryl methyl sites for hydroxylation is 1. The van der Waals surface area contributed by atoms with Crippen molar-refractivity contribution >= 4 is 5.69 Å². The van der Waals surface area contributed by atoms with E-state index in [4.69, 9.17) is 4.74 Å². The molecule has 0 unspecified atom stereocenters. The molecule has 0 aliphatic carbocycles. The van der Waals surface area contributed by atoms with Crippen LogP contribution in [-0.4, -0.2) is 44.3 Å². The van der Waals surface area contributed by atoms with E-state index in [1.807, 2.05) is 6.07 Å². The highest BCUT2D eigenvalue weighted by Gasteiger charge is 2.09. The predicted octanol–water partition coefficient (Wildman–Crippen LogP) is 1.88. The van der Waals surface area contributed by atoms with E-state index >= 15 is 0 Å². The fourth-order valence-corrected chi connectivity index (χ4v) is 1.89. The Labute approximate surface area is 102 Å². The topological polar surface area (TPSA) is 24.5 Å². The molecule has 0 aromatic heterocycles. The Morgan fingerprint density at radius 1 is 1.35 bits per heavy atom. The van der Waals surface area contributed by atoms with Gasteiger partial charge in [0.05, 0.1) is 13.2 Å². The molecular weight excluding hydrogens is 219 g/mol. The van der Waals surface area contributed by atoms with E-state index in [2.05, 4.69) is 10.2 Å². The Morgan fingerprint density at radius 3 is 2.82 bits per heavy atom. The van der Waals surface area contributed by atoms with Crippen molar-refractivity contribution in [1.82, 2.24) is 4.90 Å². The van der Waals surface area contributed by atoms with Gasteiger partial charge in [-0.05, 0) is 24.6 Å². The molecule has 3 nitrogen and oxygen atoms in total. The van der Waals surface area contributed by atoms with Crippen molar-refractivity contribution in [3.63, 3.8) is 0 Å². The number of hydrogen-bond acceptors (Lipinski definition) is 3. The molecule has 0 spiro atoms. The highest BCUT2D eigenvalue weighted by molar-refractivity contribution is 5.45. The van der Waals surface area contributed by atoms with Gasteiger partial charge in [-0.3, -0.25) is 4.90 Å². The van der Waals surface area contributed by atoms with Gasteiger partial charge in [-0.25, -0.2) is 4.39 Å². The van der Waals surface area contributed by atoms with Gasteiger partial charge in [0, 0.05) is 31.9 Å². The first-order valence-corrected chi connectivity index (χ1v) is 6.06. The van der Waals surface area contributed by atoms with Crippen LogP contribution in [0, 0.1) is 12.7 Å². The van der Waals surface area contributed by atoms with E-state index < -0.39 is 0 Å². The lowest BCUT2D eigenvalue weighted by molar-refractivity contribution is 0.0398. The summed E-state index contributed by atoms with van der Waals surface area (Å²) in [4.78, 5) is 2.35. The van der Waals surface area contributed by atoms with Crippen molar-refractivity contribution in [2.75, 3.05) is 44.7 Å². The zero-order valence-electron chi connectivity index (χ0n) is 10.2. The molecule has 1 fully saturated rings. The molecule has 4 heteroatoms. The average molecular weight is 238 g/mol. The normalized spacial score (nSPS) is 17.1. The number of nitrogens with one attached hydrogen (secondary N) is 1. The van der Waals surface area contributed by atoms with E-state index in [0.29, 0.717) is 5.56 Å². The van der Waals surface area contributed by atoms with Gasteiger partial charge in [0.1, 0.15) is 5.82 Å². The SMILES string of the molecule is Cc1ccc(NCCN2CCOCC2)cc1F. The van der Waals surface area contributed by atoms with Crippen molar-refractivity contribution in [1.29, 1.82) is 0 Å². The highest BCUT2D eigenvalue weighted by atomic mass is 19.1. The minimum Gasteiger partial charge on any atom is -0.384 e. The Bertz CT molecular complexity index is 364. The monoisotopic (exact) mass is 238 g/mol. The Morgan fingerprint density at radius 2 is 2.12 bits per heavy atom. The van der Waals surface area contributed by atoms with Gasteiger partial charge in [-0.2, -0.15) is 0 Å². The number of hydrogen-bond donors (Lipinski definition) is 1. The van der Waals surface area contributed by atoms with E-state index in [9.17, 15) is 4.39 Å². The molecule has 1 saturated heterocycles. The molecule has 1 aromatic rings. The number of morpholine rings is 1. The minimum atomic E-state index is -0.152. The second-order valence-electron chi connectivity index (χ2n) is 4.34. The van der Waals surface area contributed by atoms with Crippen molar-refractivity contribution in [3.8, 4) is 0 Å². The molecule has 1 aliphatic rings. The number of benzene rings is 1. The minimum absolute atomic E-state index is 0.152. The Hall–Kier alpha value is -1.13. The predicted molar refractivity (Wildman–Crippen MR) is 66.9 cm³/mol. The average Bonchev–Trinajstić information content (AvgIpc) is 2.35. The fourth-order valence-electron chi connectivity index (χ4n) is 1.89. The first-order valence-electron chi connectivity index (χ1n) is 6.06. The molecule has 0 atom stereocenters. The maximum atomic E-state index is 13.3. The van der Waals surface area contributed by atoms with Crippen LogP contribution in [0.3, 0.4) is 0 Å². The van der Waals surface area contributed by atoms with Crippen LogP contribution in [-0.2, 0) is 4.74 Å². The van der Waals surface area contributed by atoms with Crippen LogP contribution in [0.2, 0.25) is 0 Å². The summed E-state index contributed by atoms with van der Waals surface area (Å²) in [5.74, 6) is -0.152. The zero-order chi connectivity index (χ0) is 12.1. The molecule has 1 N–H and O–H groups in total. The number of rotatable bonds is 4. The summed E-state index contributed by atoms with van der Waals surface area (Å²) < 4.78 is 18.6. The van der Waals surface area contributed by atoms with Crippen LogP contribution in [0.5, 0.6) is 0 Å². The van der Waals surface area contributed by atoms with Gasteiger partial charge >= 0.3 is 0 Å². The van der Waals surface area contributed by atoms with Crippen LogP contribution in [0.4, 0.5) is 10.1 Å². The maximum absolute atomic E-state index is 13.3. The molecule has 1 heterocycles. The standard InChI is InChI=1S/C13H19FN2O/c1-11-2-3-12(10-13(11)14)15-4-5-16-6-8-17-9-7-16/h2-3,10,15H,4-9H2,1H3. The van der Waals surface area contributed by atoms with E-state index in [1.54, 1.807) is 19.1 Å². The quantitative estimate of drug-likeness (QED) is 0.866. The van der Waals surface area contributed by atoms with Crippen LogP contribution in [0.25, 0.3) is 0 Å². The molecule has 1 aromatic carbocycles. The number of anilines is 1. The molecule has 1 aliphatic heterocycles. The zero-order valence-corrected chi connectivity index (χ0v) is 10.2. The van der Waals surface area contributed by atoms with E-state index in [-0.39, 0.29) is 5.82 Å². The molecule has 0 bridgehead atoms. The summed E-state index contributed by atoms with van der Waals surface area (Å²) in [6.07, 6.45) is 0. The van der Waals surface area contributed by atoms with Crippen molar-refractivity contribution < 1.29 is 9.13 Å². The third-order valence-corrected chi connectivity index (χ3v) is 3.03. The lowest BCUT2D eigenvalue weighted by Gasteiger charge is -2.26. The summed E-state index contributed by atoms with van der Waals surface area (Å²) in [5.41, 5.74) is 1.53. The summed E-state index contributed by atoms with van der Waals surface area (Å²) in [5, 5.41) is 3.24. The third kappa shape index (κ3) is 3.68. The lowest BCUT2D eigenvalue weighted by Crippen LogP contribution is -2.39. The number of nitrogens with zero attached hydrogens (tertiary/aromatic N) is 1. The summed E-state index contributed by atoms with van der Waals surface area (Å²) in [6.45, 7) is 7.19. The van der Waals surface area contributed by atoms with Crippen LogP contribution in [0.15, 0.2) is 18.2 Å². The molecular formula is C13H19FN2O. The Kier molecular flexibility index (Phi) is 4.34. The van der Waals surface area contributed by atoms with Gasteiger partial charge in [0.15, 0.2) is 0 Å². The first kappa shape index (κ1) is 12.3. The summed E-state index contributed by atoms with van der Waals surface area (Å²) in [6, 6.07) is 5.26. The van der Waals surface area contributed by atoms with Crippen molar-refractivity contribution in [2.45, 2.75) is 6.92 Å². The van der Waals surface area contributed by atoms with Crippen LogP contribution >= 0.6 is 0 Å². The number of halogens is 1. The van der Waals surface area contributed by atoms with Gasteiger partial charge < -0.3 is 10.1 Å². The lowest BCUT2D eigenvalue weighted by atomic mass is 10.2. The largest absolute Gasteiger partial charge is 0.384 e. The summed E-state index contributed by atoms with van der Waals surface area (Å²) >= 11 is 0. The first-order chi connectivity index (χ1) is 8.25. The van der Waals surface area contributed by atoms with E-state index in [0.717, 1.165) is 45.1 Å². The fraction of sp³-hybridized carbons (Fsp3) is 0.538. The molecule has 17 heavy (non-hydrogen) atoms. The van der Waals surface area contributed by atoms with Crippen molar-refractivity contribution in [2.24, 2.45) is 0 Å². The highest BCUT2D eigenvalue weighted by Crippen LogP contribution is 2.13. The van der Waals surface area contributed by atoms with Gasteiger partial charge in [0.25, 0.3) is 0 Å². The smallest absolute Gasteiger partial charge is 0.128 e. The van der Waals surface area contributed by atoms with Gasteiger partial charge in [-0.1, -0.05) is 6.07 Å². The van der Waals surface area contributed by atoms with Crippen LogP contribution < -0.4 is 5.32 Å². The third-order valence-electron chi connectivity index (χ3n) is 3.03.